The molecule has 0 bridgehead atoms. The van der Waals surface area contributed by atoms with Crippen molar-refractivity contribution in [1.82, 2.24) is 0 Å². The summed E-state index contributed by atoms with van der Waals surface area (Å²) < 4.78 is 57.3. The molecule has 4 aromatic rings. The SMILES string of the molecule is O=[S-](=O)c1ccc(N=Nc2ccc(N=Nc3c(O)ccc4ccccc34)c(S(=O)(=O)[O-])c2)cc1.[Na+].[Na+].[OH-]. The third-order valence-electron chi connectivity index (χ3n) is 4.66. The fourth-order valence-corrected chi connectivity index (χ4v) is 4.03. The predicted molar refractivity (Wildman–Crippen MR) is 124 cm³/mol. The average Bonchev–Trinajstić information content (AvgIpc) is 2.82. The summed E-state index contributed by atoms with van der Waals surface area (Å²) in [4.78, 5) is -0.588. The van der Waals surface area contributed by atoms with E-state index in [-0.39, 0.29) is 92.3 Å². The maximum atomic E-state index is 11.8. The Bertz CT molecular complexity index is 1640. The van der Waals surface area contributed by atoms with Gasteiger partial charge in [0.05, 0.1) is 16.3 Å². The van der Waals surface area contributed by atoms with Crippen LogP contribution >= 0.6 is 0 Å². The van der Waals surface area contributed by atoms with Gasteiger partial charge in [-0.15, -0.1) is 10.2 Å². The first-order valence-corrected chi connectivity index (χ1v) is 12.0. The van der Waals surface area contributed by atoms with E-state index in [9.17, 15) is 26.5 Å². The topological polar surface area (TPSA) is 191 Å². The molecular weight excluding hydrogens is 542 g/mol. The molecule has 15 heteroatoms. The van der Waals surface area contributed by atoms with Crippen LogP contribution in [0.25, 0.3) is 10.8 Å². The molecule has 0 aromatic heterocycles. The Morgan fingerprint density at radius 3 is 2.03 bits per heavy atom. The summed E-state index contributed by atoms with van der Waals surface area (Å²) in [6, 6.07) is 19.4. The van der Waals surface area contributed by atoms with Gasteiger partial charge in [-0.05, 0) is 52.5 Å². The zero-order valence-electron chi connectivity index (χ0n) is 19.5. The minimum absolute atomic E-state index is 0. The van der Waals surface area contributed by atoms with Crippen LogP contribution in [0.3, 0.4) is 0 Å². The molecule has 0 saturated heterocycles. The van der Waals surface area contributed by atoms with Gasteiger partial charge in [-0.1, -0.05) is 47.4 Å². The van der Waals surface area contributed by atoms with E-state index in [0.717, 1.165) is 11.5 Å². The molecule has 0 aliphatic heterocycles. The molecule has 180 valence electrons. The summed E-state index contributed by atoms with van der Waals surface area (Å²) in [5.41, 5.74) is 0.260. The monoisotopic (exact) mass is 557 g/mol. The number of phenols is 1. The quantitative estimate of drug-likeness (QED) is 0.147. The van der Waals surface area contributed by atoms with E-state index >= 15 is 0 Å². The number of fused-ring (bicyclic) bond motifs is 1. The van der Waals surface area contributed by atoms with Gasteiger partial charge in [-0.2, -0.15) is 10.2 Å². The van der Waals surface area contributed by atoms with Crippen LogP contribution in [0.2, 0.25) is 0 Å². The van der Waals surface area contributed by atoms with Crippen molar-refractivity contribution in [1.29, 1.82) is 0 Å². The van der Waals surface area contributed by atoms with Crippen molar-refractivity contribution in [3.05, 3.63) is 78.9 Å². The Hall–Kier alpha value is -2.04. The molecule has 11 nitrogen and oxygen atoms in total. The minimum atomic E-state index is -4.95. The van der Waals surface area contributed by atoms with Gasteiger partial charge in [0.2, 0.25) is 0 Å². The molecule has 2 N–H and O–H groups in total. The standard InChI is InChI=1S/C22H15N4O6S2.2Na.H2O/c27-20-12-5-14-3-1-2-4-18(14)22(20)26-25-19-11-8-16(13-21(19)34(30,31)32)24-23-15-6-9-17(10-7-15)33(28)29;;;/h1-13,27H,(H,30,31,32);;;1H2/q-1;2*+1;/p-2. The van der Waals surface area contributed by atoms with Crippen molar-refractivity contribution in [3.63, 3.8) is 0 Å². The zero-order valence-corrected chi connectivity index (χ0v) is 25.2. The second-order valence-electron chi connectivity index (χ2n) is 6.89. The Labute approximate surface area is 258 Å². The molecule has 0 spiro atoms. The first-order valence-electron chi connectivity index (χ1n) is 9.56. The maximum absolute atomic E-state index is 11.8. The van der Waals surface area contributed by atoms with E-state index in [1.807, 2.05) is 12.1 Å². The third kappa shape index (κ3) is 8.22. The van der Waals surface area contributed by atoms with Crippen LogP contribution in [0.5, 0.6) is 5.75 Å². The molecular formula is C22H15N4Na2O7S2-. The second kappa shape index (κ2) is 14.2. The van der Waals surface area contributed by atoms with Crippen molar-refractivity contribution >= 4 is 54.3 Å². The van der Waals surface area contributed by atoms with Crippen LogP contribution in [0, 0.1) is 0 Å². The van der Waals surface area contributed by atoms with E-state index in [2.05, 4.69) is 20.5 Å². The smallest absolute Gasteiger partial charge is 0.870 e. The molecule has 0 atom stereocenters. The van der Waals surface area contributed by atoms with Gasteiger partial charge in [0.15, 0.2) is 0 Å². The van der Waals surface area contributed by atoms with E-state index in [4.69, 9.17) is 0 Å². The van der Waals surface area contributed by atoms with Gasteiger partial charge < -0.3 is 23.6 Å². The number of nitrogens with zero attached hydrogens (tertiary/aromatic N) is 4. The summed E-state index contributed by atoms with van der Waals surface area (Å²) in [5.74, 6) is -0.161. The summed E-state index contributed by atoms with van der Waals surface area (Å²) >= 11 is 0. The number of aromatic hydroxyl groups is 1. The summed E-state index contributed by atoms with van der Waals surface area (Å²) in [6.45, 7) is 0. The van der Waals surface area contributed by atoms with Crippen molar-refractivity contribution in [2.75, 3.05) is 0 Å². The Morgan fingerprint density at radius 1 is 0.757 bits per heavy atom. The Balaban J connectivity index is 0.00000228. The van der Waals surface area contributed by atoms with Gasteiger partial charge in [-0.25, -0.2) is 8.42 Å². The van der Waals surface area contributed by atoms with Crippen LogP contribution in [0.1, 0.15) is 0 Å². The summed E-state index contributed by atoms with van der Waals surface area (Å²) in [5, 5.41) is 27.3. The molecule has 4 aromatic carbocycles. The van der Waals surface area contributed by atoms with Crippen LogP contribution in [-0.2, 0) is 29.2 Å². The average molecular weight is 557 g/mol. The summed E-state index contributed by atoms with van der Waals surface area (Å²) in [7, 11) is -7.32. The minimum Gasteiger partial charge on any atom is -0.870 e. The number of phenolic OH excluding ortho intramolecular Hbond substituents is 1. The number of benzene rings is 4. The van der Waals surface area contributed by atoms with E-state index in [0.29, 0.717) is 11.1 Å². The molecule has 0 aliphatic rings. The third-order valence-corrected chi connectivity index (χ3v) is 6.18. The van der Waals surface area contributed by atoms with Crippen LogP contribution in [-0.4, -0.2) is 23.6 Å². The molecule has 0 amide bonds. The zero-order chi connectivity index (χ0) is 24.3. The van der Waals surface area contributed by atoms with Crippen LogP contribution < -0.4 is 59.1 Å². The number of hydrogen-bond donors (Lipinski definition) is 1. The van der Waals surface area contributed by atoms with Crippen molar-refractivity contribution in [2.24, 2.45) is 20.5 Å². The maximum Gasteiger partial charge on any atom is 1.00 e. The molecule has 0 saturated carbocycles. The van der Waals surface area contributed by atoms with Crippen molar-refractivity contribution < 1.29 is 91.1 Å². The van der Waals surface area contributed by atoms with Gasteiger partial charge in [0.25, 0.3) is 0 Å². The largest absolute Gasteiger partial charge is 1.00 e. The van der Waals surface area contributed by atoms with Crippen molar-refractivity contribution in [3.8, 4) is 5.75 Å². The van der Waals surface area contributed by atoms with E-state index < -0.39 is 25.7 Å². The van der Waals surface area contributed by atoms with E-state index in [1.54, 1.807) is 18.2 Å². The molecule has 0 radical (unpaired) electrons. The molecule has 0 heterocycles. The van der Waals surface area contributed by atoms with Gasteiger partial charge in [0.1, 0.15) is 27.2 Å². The molecule has 4 rings (SSSR count). The molecule has 37 heavy (non-hydrogen) atoms. The van der Waals surface area contributed by atoms with Gasteiger partial charge in [-0.3, -0.25) is 0 Å². The van der Waals surface area contributed by atoms with Crippen LogP contribution in [0.4, 0.5) is 22.7 Å². The second-order valence-corrected chi connectivity index (χ2v) is 9.18. The van der Waals surface area contributed by atoms with E-state index in [1.165, 1.54) is 42.5 Å². The number of rotatable bonds is 6. The number of hydrogen-bond acceptors (Lipinski definition) is 12. The van der Waals surface area contributed by atoms with Crippen LogP contribution in [0.15, 0.2) is 109 Å². The number of azo groups is 2. The fourth-order valence-electron chi connectivity index (χ4n) is 3.04. The summed E-state index contributed by atoms with van der Waals surface area (Å²) in [6.07, 6.45) is 0. The molecule has 0 fully saturated rings. The Kier molecular flexibility index (Phi) is 12.7. The fraction of sp³-hybridized carbons (Fsp3) is 0. The van der Waals surface area contributed by atoms with Crippen molar-refractivity contribution in [2.45, 2.75) is 9.79 Å². The first-order chi connectivity index (χ1) is 16.2. The molecule has 0 aliphatic carbocycles. The molecule has 0 unspecified atom stereocenters. The Morgan fingerprint density at radius 2 is 1.38 bits per heavy atom. The van der Waals surface area contributed by atoms with Gasteiger partial charge >= 0.3 is 59.1 Å². The van der Waals surface area contributed by atoms with Gasteiger partial charge in [0, 0.05) is 5.39 Å². The predicted octanol–water partition coefficient (Wildman–Crippen LogP) is -0.220. The first kappa shape index (κ1) is 33.0. The normalized spacial score (nSPS) is 11.3.